The number of nitrogens with zero attached hydrogens (tertiary/aromatic N) is 2. The Morgan fingerprint density at radius 3 is 2.43 bits per heavy atom. The molecule has 0 radical (unpaired) electrons. The van der Waals surface area contributed by atoms with E-state index in [0.717, 1.165) is 0 Å². The third-order valence-electron chi connectivity index (χ3n) is 2.91. The minimum absolute atomic E-state index is 0.104. The Bertz CT molecular complexity index is 594. The van der Waals surface area contributed by atoms with Crippen LogP contribution in [0.1, 0.15) is 49.9 Å². The van der Waals surface area contributed by atoms with E-state index in [1.807, 2.05) is 27.7 Å². The summed E-state index contributed by atoms with van der Waals surface area (Å²) < 4.78 is 1.75. The van der Waals surface area contributed by atoms with E-state index >= 15 is 0 Å². The van der Waals surface area contributed by atoms with Crippen molar-refractivity contribution >= 4 is 18.4 Å². The summed E-state index contributed by atoms with van der Waals surface area (Å²) in [4.78, 5) is 16.5. The van der Waals surface area contributed by atoms with Crippen LogP contribution in [0.2, 0.25) is 0 Å². The van der Waals surface area contributed by atoms with Gasteiger partial charge in [0.25, 0.3) is 0 Å². The molecule has 0 spiro atoms. The van der Waals surface area contributed by atoms with Crippen LogP contribution < -0.4 is 5.46 Å². The van der Waals surface area contributed by atoms with Crippen LogP contribution in [0.5, 0.6) is 0 Å². The van der Waals surface area contributed by atoms with E-state index in [1.54, 1.807) is 35.2 Å². The Morgan fingerprint density at radius 2 is 1.86 bits per heavy atom. The molecule has 2 rings (SSSR count). The number of ketones is 1. The smallest absolute Gasteiger partial charge is 0.423 e. The van der Waals surface area contributed by atoms with Gasteiger partial charge in [0.05, 0.1) is 0 Å². The van der Waals surface area contributed by atoms with Gasteiger partial charge in [-0.3, -0.25) is 4.79 Å². The van der Waals surface area contributed by atoms with E-state index in [1.165, 1.54) is 6.07 Å². The highest BCUT2D eigenvalue weighted by atomic mass is 16.4. The highest BCUT2D eigenvalue weighted by Crippen LogP contribution is 2.12. The van der Waals surface area contributed by atoms with Crippen LogP contribution in [0, 0.1) is 0 Å². The minimum Gasteiger partial charge on any atom is -0.423 e. The van der Waals surface area contributed by atoms with E-state index < -0.39 is 7.12 Å². The maximum Gasteiger partial charge on any atom is 0.489 e. The molecule has 21 heavy (non-hydrogen) atoms. The number of hydrogen-bond acceptors (Lipinski definition) is 4. The molecule has 0 unspecified atom stereocenters. The summed E-state index contributed by atoms with van der Waals surface area (Å²) in [6.07, 6.45) is 3.29. The lowest BCUT2D eigenvalue weighted by molar-refractivity contribution is 0.102. The Hall–Kier alpha value is -1.92. The fourth-order valence-electron chi connectivity index (χ4n) is 1.96. The zero-order valence-corrected chi connectivity index (χ0v) is 12.8. The number of hydrogen-bond donors (Lipinski definition) is 2. The summed E-state index contributed by atoms with van der Waals surface area (Å²) in [6.45, 7) is 7.90. The fraction of sp³-hybridized carbons (Fsp3) is 0.333. The van der Waals surface area contributed by atoms with E-state index in [0.29, 0.717) is 5.82 Å². The van der Waals surface area contributed by atoms with Crippen molar-refractivity contribution in [3.63, 3.8) is 0 Å². The maximum absolute atomic E-state index is 12.5. The zero-order chi connectivity index (χ0) is 16.0. The number of carbonyl (C=O) groups is 1. The molecule has 0 saturated heterocycles. The number of rotatable bonds is 4. The highest BCUT2D eigenvalue weighted by molar-refractivity contribution is 6.60. The lowest BCUT2D eigenvalue weighted by Gasteiger charge is -2.12. The van der Waals surface area contributed by atoms with Crippen LogP contribution in [0.25, 0.3) is 0 Å². The van der Waals surface area contributed by atoms with E-state index in [-0.39, 0.29) is 22.9 Å². The van der Waals surface area contributed by atoms with Crippen molar-refractivity contribution in [2.75, 3.05) is 0 Å². The molecule has 0 aliphatic rings. The molecule has 5 nitrogen and oxygen atoms in total. The van der Waals surface area contributed by atoms with Gasteiger partial charge >= 0.3 is 7.12 Å². The molecule has 1 heterocycles. The molecule has 6 heteroatoms. The standard InChI is InChI=1S/C13H15BN2O3.C2H6/c1-9(2)16-8-7-15-13(16)12(17)10-5-3-4-6-11(10)14(18)19;1-2/h3-9,18-19H,1-2H3;1-2H3. The number of imidazole rings is 1. The Balaban J connectivity index is 0.00000106. The summed E-state index contributed by atoms with van der Waals surface area (Å²) in [5.41, 5.74) is 0.441. The fourth-order valence-corrected chi connectivity index (χ4v) is 1.96. The molecule has 0 saturated carbocycles. The van der Waals surface area contributed by atoms with Crippen molar-refractivity contribution in [1.29, 1.82) is 0 Å². The lowest BCUT2D eigenvalue weighted by Crippen LogP contribution is -2.35. The Morgan fingerprint density at radius 1 is 1.24 bits per heavy atom. The van der Waals surface area contributed by atoms with Gasteiger partial charge in [0.2, 0.25) is 5.78 Å². The topological polar surface area (TPSA) is 75.4 Å². The molecular weight excluding hydrogens is 267 g/mol. The van der Waals surface area contributed by atoms with Gasteiger partial charge in [0.1, 0.15) is 0 Å². The number of carbonyl (C=O) groups excluding carboxylic acids is 1. The van der Waals surface area contributed by atoms with Gasteiger partial charge in [-0.05, 0) is 19.3 Å². The van der Waals surface area contributed by atoms with Gasteiger partial charge in [-0.2, -0.15) is 0 Å². The van der Waals surface area contributed by atoms with Gasteiger partial charge in [0.15, 0.2) is 5.82 Å². The van der Waals surface area contributed by atoms with Crippen LogP contribution >= 0.6 is 0 Å². The average Bonchev–Trinajstić information content (AvgIpc) is 2.98. The predicted octanol–water partition coefficient (Wildman–Crippen LogP) is 1.40. The molecule has 112 valence electrons. The van der Waals surface area contributed by atoms with Gasteiger partial charge in [0, 0.05) is 24.0 Å². The summed E-state index contributed by atoms with van der Waals surface area (Å²) >= 11 is 0. The van der Waals surface area contributed by atoms with Gasteiger partial charge in [-0.1, -0.05) is 38.1 Å². The second-order valence-corrected chi connectivity index (χ2v) is 4.54. The van der Waals surface area contributed by atoms with Crippen molar-refractivity contribution in [2.45, 2.75) is 33.7 Å². The highest BCUT2D eigenvalue weighted by Gasteiger charge is 2.23. The first-order valence-electron chi connectivity index (χ1n) is 7.05. The minimum atomic E-state index is -1.68. The summed E-state index contributed by atoms with van der Waals surface area (Å²) in [5, 5.41) is 18.6. The van der Waals surface area contributed by atoms with Crippen LogP contribution in [-0.4, -0.2) is 32.5 Å². The molecule has 0 amide bonds. The Labute approximate surface area is 125 Å². The summed E-state index contributed by atoms with van der Waals surface area (Å²) in [7, 11) is -1.68. The largest absolute Gasteiger partial charge is 0.489 e. The van der Waals surface area contributed by atoms with Gasteiger partial charge in [-0.25, -0.2) is 4.98 Å². The van der Waals surface area contributed by atoms with Crippen molar-refractivity contribution in [1.82, 2.24) is 9.55 Å². The van der Waals surface area contributed by atoms with Crippen molar-refractivity contribution in [2.24, 2.45) is 0 Å². The normalized spacial score (nSPS) is 10.0. The van der Waals surface area contributed by atoms with Crippen molar-refractivity contribution in [3.8, 4) is 0 Å². The SMILES string of the molecule is CC.CC(C)n1ccnc1C(=O)c1ccccc1B(O)O. The van der Waals surface area contributed by atoms with Crippen LogP contribution in [-0.2, 0) is 0 Å². The molecule has 0 bridgehead atoms. The molecule has 0 aliphatic carbocycles. The first-order valence-corrected chi connectivity index (χ1v) is 7.05. The molecule has 2 aromatic rings. The predicted molar refractivity (Wildman–Crippen MR) is 83.7 cm³/mol. The lowest BCUT2D eigenvalue weighted by atomic mass is 9.76. The third kappa shape index (κ3) is 3.80. The number of benzene rings is 1. The molecular formula is C15H21BN2O3. The van der Waals surface area contributed by atoms with Gasteiger partial charge < -0.3 is 14.6 Å². The monoisotopic (exact) mass is 288 g/mol. The van der Waals surface area contributed by atoms with Gasteiger partial charge in [-0.15, -0.1) is 0 Å². The zero-order valence-electron chi connectivity index (χ0n) is 12.8. The second kappa shape index (κ2) is 7.76. The van der Waals surface area contributed by atoms with E-state index in [4.69, 9.17) is 0 Å². The van der Waals surface area contributed by atoms with Crippen LogP contribution in [0.15, 0.2) is 36.7 Å². The summed E-state index contributed by atoms with van der Waals surface area (Å²) in [6, 6.07) is 6.52. The molecule has 2 N–H and O–H groups in total. The number of aromatic nitrogens is 2. The second-order valence-electron chi connectivity index (χ2n) is 4.54. The average molecular weight is 288 g/mol. The quantitative estimate of drug-likeness (QED) is 0.658. The maximum atomic E-state index is 12.5. The molecule has 0 fully saturated rings. The van der Waals surface area contributed by atoms with Crippen LogP contribution in [0.3, 0.4) is 0 Å². The van der Waals surface area contributed by atoms with Crippen LogP contribution in [0.4, 0.5) is 0 Å². The molecule has 1 aromatic heterocycles. The van der Waals surface area contributed by atoms with Crippen molar-refractivity contribution < 1.29 is 14.8 Å². The van der Waals surface area contributed by atoms with E-state index in [9.17, 15) is 14.8 Å². The van der Waals surface area contributed by atoms with Crippen molar-refractivity contribution in [3.05, 3.63) is 48.0 Å². The molecule has 0 atom stereocenters. The van der Waals surface area contributed by atoms with E-state index in [2.05, 4.69) is 4.98 Å². The third-order valence-corrected chi connectivity index (χ3v) is 2.91. The molecule has 0 aliphatic heterocycles. The summed E-state index contributed by atoms with van der Waals surface area (Å²) in [5.74, 6) is -0.0227. The first kappa shape index (κ1) is 17.1. The molecule has 1 aromatic carbocycles. The first-order chi connectivity index (χ1) is 10.0. The Kier molecular flexibility index (Phi) is 6.33.